The zero-order valence-corrected chi connectivity index (χ0v) is 15.4. The van der Waals surface area contributed by atoms with Crippen LogP contribution in [-0.2, 0) is 4.79 Å². The highest BCUT2D eigenvalue weighted by atomic mass is 16.3. The smallest absolute Gasteiger partial charge is 0.223 e. The summed E-state index contributed by atoms with van der Waals surface area (Å²) in [6, 6.07) is 10.6. The molecule has 2 fully saturated rings. The number of aliphatic hydroxyl groups excluding tert-OH is 1. The normalized spacial score (nSPS) is 25.7. The van der Waals surface area contributed by atoms with Crippen molar-refractivity contribution in [3.63, 3.8) is 0 Å². The number of hydrogen-bond acceptors (Lipinski definition) is 3. The average molecular weight is 344 g/mol. The van der Waals surface area contributed by atoms with Crippen molar-refractivity contribution in [1.29, 1.82) is 0 Å². The summed E-state index contributed by atoms with van der Waals surface area (Å²) in [6.07, 6.45) is 6.64. The van der Waals surface area contributed by atoms with E-state index in [9.17, 15) is 9.90 Å². The van der Waals surface area contributed by atoms with Crippen LogP contribution in [0.15, 0.2) is 30.3 Å². The molecule has 3 rings (SSSR count). The molecule has 0 bridgehead atoms. The third-order valence-corrected chi connectivity index (χ3v) is 5.95. The third-order valence-electron chi connectivity index (χ3n) is 5.95. The molecule has 1 atom stereocenters. The van der Waals surface area contributed by atoms with Crippen LogP contribution in [0.3, 0.4) is 0 Å². The Bertz CT molecular complexity index is 534. The van der Waals surface area contributed by atoms with Crippen molar-refractivity contribution in [3.05, 3.63) is 35.9 Å². The number of likely N-dealkylation sites (N-methyl/N-ethyl adjacent to an activating group) is 1. The molecule has 138 valence electrons. The number of amides is 1. The molecular weight excluding hydrogens is 312 g/mol. The summed E-state index contributed by atoms with van der Waals surface area (Å²) < 4.78 is 0. The zero-order chi connectivity index (χ0) is 17.6. The highest BCUT2D eigenvalue weighted by Crippen LogP contribution is 2.29. The van der Waals surface area contributed by atoms with Gasteiger partial charge in [0.05, 0.1) is 12.1 Å². The number of carbonyl (C=O) groups is 1. The van der Waals surface area contributed by atoms with Gasteiger partial charge >= 0.3 is 0 Å². The van der Waals surface area contributed by atoms with Crippen LogP contribution in [0.1, 0.15) is 56.6 Å². The van der Waals surface area contributed by atoms with Gasteiger partial charge in [0.1, 0.15) is 0 Å². The van der Waals surface area contributed by atoms with Crippen molar-refractivity contribution in [2.24, 2.45) is 5.92 Å². The van der Waals surface area contributed by atoms with Crippen LogP contribution in [0.25, 0.3) is 0 Å². The molecular formula is C21H32N2O2. The minimum absolute atomic E-state index is 0.126. The van der Waals surface area contributed by atoms with Crippen molar-refractivity contribution in [2.75, 3.05) is 26.7 Å². The van der Waals surface area contributed by atoms with E-state index in [2.05, 4.69) is 29.2 Å². The Kier molecular flexibility index (Phi) is 6.49. The Morgan fingerprint density at radius 3 is 2.44 bits per heavy atom. The molecule has 25 heavy (non-hydrogen) atoms. The Morgan fingerprint density at radius 1 is 1.16 bits per heavy atom. The van der Waals surface area contributed by atoms with Crippen molar-refractivity contribution in [2.45, 2.75) is 57.1 Å². The van der Waals surface area contributed by atoms with Crippen LogP contribution in [0.2, 0.25) is 0 Å². The molecule has 0 aromatic heterocycles. The molecule has 0 unspecified atom stereocenters. The molecule has 1 saturated carbocycles. The van der Waals surface area contributed by atoms with Gasteiger partial charge in [0.15, 0.2) is 0 Å². The second kappa shape index (κ2) is 8.81. The number of carbonyl (C=O) groups excluding carboxylic acids is 1. The number of likely N-dealkylation sites (tertiary alicyclic amines) is 1. The zero-order valence-electron chi connectivity index (χ0n) is 15.4. The fraction of sp³-hybridized carbons (Fsp3) is 0.667. The standard InChI is InChI=1S/C21H32N2O2/c1-22(21(25)15-17-9-11-19(24)12-10-17)20(16-23-13-5-6-14-23)18-7-3-2-4-8-18/h2-4,7-8,17,19-20,24H,5-6,9-16H2,1H3/t17?,19?,20-/m1/s1. The van der Waals surface area contributed by atoms with Crippen molar-refractivity contribution < 1.29 is 9.90 Å². The Morgan fingerprint density at radius 2 is 1.80 bits per heavy atom. The molecule has 1 aliphatic carbocycles. The monoisotopic (exact) mass is 344 g/mol. The van der Waals surface area contributed by atoms with E-state index >= 15 is 0 Å². The lowest BCUT2D eigenvalue weighted by atomic mass is 9.85. The van der Waals surface area contributed by atoms with Gasteiger partial charge in [-0.15, -0.1) is 0 Å². The highest BCUT2D eigenvalue weighted by Gasteiger charge is 2.28. The Hall–Kier alpha value is -1.39. The largest absolute Gasteiger partial charge is 0.393 e. The van der Waals surface area contributed by atoms with Crippen LogP contribution in [-0.4, -0.2) is 53.6 Å². The Labute approximate surface area is 151 Å². The molecule has 1 aliphatic heterocycles. The predicted molar refractivity (Wildman–Crippen MR) is 100 cm³/mol. The summed E-state index contributed by atoms with van der Waals surface area (Å²) in [6.45, 7) is 3.22. The maximum atomic E-state index is 12.9. The minimum Gasteiger partial charge on any atom is -0.393 e. The quantitative estimate of drug-likeness (QED) is 0.862. The van der Waals surface area contributed by atoms with Gasteiger partial charge in [-0.25, -0.2) is 0 Å². The minimum atomic E-state index is -0.156. The van der Waals surface area contributed by atoms with Gasteiger partial charge in [0, 0.05) is 20.0 Å². The number of nitrogens with zero attached hydrogens (tertiary/aromatic N) is 2. The first kappa shape index (κ1) is 18.4. The summed E-state index contributed by atoms with van der Waals surface area (Å²) in [5, 5.41) is 9.67. The van der Waals surface area contributed by atoms with E-state index < -0.39 is 0 Å². The van der Waals surface area contributed by atoms with Crippen LogP contribution >= 0.6 is 0 Å². The molecule has 2 aliphatic rings. The maximum absolute atomic E-state index is 12.9. The first-order valence-corrected chi connectivity index (χ1v) is 9.84. The van der Waals surface area contributed by atoms with Gasteiger partial charge in [-0.1, -0.05) is 30.3 Å². The van der Waals surface area contributed by atoms with Crippen LogP contribution < -0.4 is 0 Å². The van der Waals surface area contributed by atoms with E-state index in [0.29, 0.717) is 12.3 Å². The molecule has 4 nitrogen and oxygen atoms in total. The Balaban J connectivity index is 1.65. The number of hydrogen-bond donors (Lipinski definition) is 1. The fourth-order valence-corrected chi connectivity index (χ4v) is 4.25. The van der Waals surface area contributed by atoms with E-state index in [1.165, 1.54) is 18.4 Å². The van der Waals surface area contributed by atoms with Crippen LogP contribution in [0.5, 0.6) is 0 Å². The van der Waals surface area contributed by atoms with Crippen LogP contribution in [0, 0.1) is 5.92 Å². The molecule has 1 saturated heterocycles. The van der Waals surface area contributed by atoms with Crippen molar-refractivity contribution in [1.82, 2.24) is 9.80 Å². The fourth-order valence-electron chi connectivity index (χ4n) is 4.25. The van der Waals surface area contributed by atoms with Crippen molar-refractivity contribution >= 4 is 5.91 Å². The van der Waals surface area contributed by atoms with E-state index in [1.807, 2.05) is 18.0 Å². The number of benzene rings is 1. The molecule has 1 aromatic carbocycles. The third kappa shape index (κ3) is 5.05. The summed E-state index contributed by atoms with van der Waals surface area (Å²) in [5.74, 6) is 0.677. The van der Waals surface area contributed by atoms with Gasteiger partial charge in [-0.05, 0) is 63.1 Å². The summed E-state index contributed by atoms with van der Waals surface area (Å²) in [7, 11) is 1.97. The molecule has 4 heteroatoms. The van der Waals surface area contributed by atoms with E-state index in [0.717, 1.165) is 45.3 Å². The second-order valence-corrected chi connectivity index (χ2v) is 7.82. The average Bonchev–Trinajstić information content (AvgIpc) is 3.15. The van der Waals surface area contributed by atoms with E-state index in [-0.39, 0.29) is 18.1 Å². The number of aliphatic hydroxyl groups is 1. The van der Waals surface area contributed by atoms with Gasteiger partial charge in [-0.3, -0.25) is 4.79 Å². The lowest BCUT2D eigenvalue weighted by Crippen LogP contribution is -2.39. The van der Waals surface area contributed by atoms with Gasteiger partial charge in [0.25, 0.3) is 0 Å². The first-order chi connectivity index (χ1) is 12.1. The topological polar surface area (TPSA) is 43.8 Å². The van der Waals surface area contributed by atoms with E-state index in [1.54, 1.807) is 0 Å². The molecule has 1 heterocycles. The van der Waals surface area contributed by atoms with E-state index in [4.69, 9.17) is 0 Å². The summed E-state index contributed by atoms with van der Waals surface area (Å²) in [4.78, 5) is 17.4. The SMILES string of the molecule is CN(C(=O)CC1CCC(O)CC1)[C@H](CN1CCCC1)c1ccccc1. The lowest BCUT2D eigenvalue weighted by molar-refractivity contribution is -0.134. The van der Waals surface area contributed by atoms with Crippen LogP contribution in [0.4, 0.5) is 0 Å². The van der Waals surface area contributed by atoms with Gasteiger partial charge < -0.3 is 14.9 Å². The van der Waals surface area contributed by atoms with Crippen molar-refractivity contribution in [3.8, 4) is 0 Å². The van der Waals surface area contributed by atoms with Gasteiger partial charge in [-0.2, -0.15) is 0 Å². The number of rotatable bonds is 6. The molecule has 0 radical (unpaired) electrons. The molecule has 1 amide bonds. The predicted octanol–water partition coefficient (Wildman–Crippen LogP) is 3.22. The summed E-state index contributed by atoms with van der Waals surface area (Å²) >= 11 is 0. The van der Waals surface area contributed by atoms with Gasteiger partial charge in [0.2, 0.25) is 5.91 Å². The first-order valence-electron chi connectivity index (χ1n) is 9.84. The summed E-state index contributed by atoms with van der Waals surface area (Å²) in [5.41, 5.74) is 1.23. The molecule has 0 spiro atoms. The second-order valence-electron chi connectivity index (χ2n) is 7.82. The molecule has 1 N–H and O–H groups in total. The highest BCUT2D eigenvalue weighted by molar-refractivity contribution is 5.76. The molecule has 1 aromatic rings. The maximum Gasteiger partial charge on any atom is 0.223 e. The lowest BCUT2D eigenvalue weighted by Gasteiger charge is -2.34.